The Kier molecular flexibility index (Phi) is 5.85. The molecule has 1 aliphatic rings. The van der Waals surface area contributed by atoms with Crippen LogP contribution < -0.4 is 10.6 Å². The van der Waals surface area contributed by atoms with E-state index in [1.807, 2.05) is 19.9 Å². The smallest absolute Gasteiger partial charge is 0.246 e. The lowest BCUT2D eigenvalue weighted by Gasteiger charge is -2.29. The van der Waals surface area contributed by atoms with Crippen molar-refractivity contribution in [3.05, 3.63) is 11.8 Å². The molecule has 0 saturated carbocycles. The maximum absolute atomic E-state index is 12.1. The van der Waals surface area contributed by atoms with E-state index in [9.17, 15) is 9.59 Å². The minimum absolute atomic E-state index is 0.146. The largest absolute Gasteiger partial charge is 0.381 e. The molecule has 18 heavy (non-hydrogen) atoms. The fourth-order valence-electron chi connectivity index (χ4n) is 2.01. The van der Waals surface area contributed by atoms with E-state index in [-0.39, 0.29) is 17.7 Å². The van der Waals surface area contributed by atoms with Crippen LogP contribution in [0.3, 0.4) is 0 Å². The average Bonchev–Trinajstić information content (AvgIpc) is 2.36. The number of allylic oxidation sites excluding steroid dienone is 2. The van der Waals surface area contributed by atoms with E-state index >= 15 is 0 Å². The number of carbonyl (C=O) groups is 2. The Morgan fingerprint density at radius 1 is 1.28 bits per heavy atom. The lowest BCUT2D eigenvalue weighted by molar-refractivity contribution is -0.130. The van der Waals surface area contributed by atoms with Crippen molar-refractivity contribution in [1.29, 1.82) is 0 Å². The summed E-state index contributed by atoms with van der Waals surface area (Å²) in [7, 11) is 0. The van der Waals surface area contributed by atoms with Crippen molar-refractivity contribution in [3.8, 4) is 0 Å². The van der Waals surface area contributed by atoms with Gasteiger partial charge in [0.25, 0.3) is 0 Å². The normalized spacial score (nSPS) is 19.2. The Hall–Kier alpha value is -1.36. The molecule has 1 rings (SSSR count). The van der Waals surface area contributed by atoms with Crippen molar-refractivity contribution in [1.82, 2.24) is 10.6 Å². The maximum Gasteiger partial charge on any atom is 0.246 e. The molecule has 0 radical (unpaired) electrons. The SMILES string of the molecule is CC=C(C)NC(=O)C(NC(C)=O)C1CCOCC1. The van der Waals surface area contributed by atoms with Crippen LogP contribution in [0.1, 0.15) is 33.6 Å². The van der Waals surface area contributed by atoms with Gasteiger partial charge in [0.2, 0.25) is 11.8 Å². The first-order chi connectivity index (χ1) is 8.54. The summed E-state index contributed by atoms with van der Waals surface area (Å²) < 4.78 is 5.28. The Labute approximate surface area is 108 Å². The summed E-state index contributed by atoms with van der Waals surface area (Å²) in [5, 5.41) is 5.54. The molecule has 1 aliphatic heterocycles. The van der Waals surface area contributed by atoms with Crippen LogP contribution in [0, 0.1) is 5.92 Å². The predicted molar refractivity (Wildman–Crippen MR) is 68.7 cm³/mol. The third-order valence-corrected chi connectivity index (χ3v) is 3.13. The summed E-state index contributed by atoms with van der Waals surface area (Å²) in [5.74, 6) is -0.181. The van der Waals surface area contributed by atoms with Crippen LogP contribution in [0.5, 0.6) is 0 Å². The van der Waals surface area contributed by atoms with Gasteiger partial charge in [-0.3, -0.25) is 9.59 Å². The van der Waals surface area contributed by atoms with Crippen LogP contribution in [0.15, 0.2) is 11.8 Å². The fraction of sp³-hybridized carbons (Fsp3) is 0.692. The van der Waals surface area contributed by atoms with Gasteiger partial charge >= 0.3 is 0 Å². The molecular weight excluding hydrogens is 232 g/mol. The van der Waals surface area contributed by atoms with Gasteiger partial charge in [-0.15, -0.1) is 0 Å². The molecule has 1 atom stereocenters. The van der Waals surface area contributed by atoms with Gasteiger partial charge in [-0.25, -0.2) is 0 Å². The van der Waals surface area contributed by atoms with Crippen molar-refractivity contribution in [3.63, 3.8) is 0 Å². The molecule has 2 amide bonds. The highest BCUT2D eigenvalue weighted by atomic mass is 16.5. The Bertz CT molecular complexity index is 333. The second-order valence-corrected chi connectivity index (χ2v) is 4.59. The van der Waals surface area contributed by atoms with E-state index in [0.717, 1.165) is 18.5 Å². The zero-order valence-electron chi connectivity index (χ0n) is 11.3. The first-order valence-electron chi connectivity index (χ1n) is 6.33. The van der Waals surface area contributed by atoms with Crippen LogP contribution in [-0.2, 0) is 14.3 Å². The second kappa shape index (κ2) is 7.16. The zero-order valence-corrected chi connectivity index (χ0v) is 11.3. The van der Waals surface area contributed by atoms with E-state index in [1.165, 1.54) is 6.92 Å². The summed E-state index contributed by atoms with van der Waals surface area (Å²) in [6.45, 7) is 6.42. The van der Waals surface area contributed by atoms with Crippen molar-refractivity contribution >= 4 is 11.8 Å². The lowest BCUT2D eigenvalue weighted by Crippen LogP contribution is -2.51. The molecule has 102 valence electrons. The summed E-state index contributed by atoms with van der Waals surface area (Å²) in [5.41, 5.74) is 0.794. The molecule has 1 saturated heterocycles. The maximum atomic E-state index is 12.1. The highest BCUT2D eigenvalue weighted by Gasteiger charge is 2.30. The molecule has 5 heteroatoms. The first-order valence-corrected chi connectivity index (χ1v) is 6.33. The summed E-state index contributed by atoms with van der Waals surface area (Å²) in [6.07, 6.45) is 3.42. The van der Waals surface area contributed by atoms with E-state index in [4.69, 9.17) is 4.74 Å². The predicted octanol–water partition coefficient (Wildman–Crippen LogP) is 0.958. The van der Waals surface area contributed by atoms with E-state index in [0.29, 0.717) is 13.2 Å². The monoisotopic (exact) mass is 254 g/mol. The average molecular weight is 254 g/mol. The van der Waals surface area contributed by atoms with Gasteiger partial charge in [0, 0.05) is 25.8 Å². The van der Waals surface area contributed by atoms with Gasteiger partial charge in [0.15, 0.2) is 0 Å². The van der Waals surface area contributed by atoms with Gasteiger partial charge in [-0.2, -0.15) is 0 Å². The molecule has 1 heterocycles. The summed E-state index contributed by atoms with van der Waals surface area (Å²) in [4.78, 5) is 23.4. The number of amides is 2. The molecule has 0 bridgehead atoms. The van der Waals surface area contributed by atoms with Crippen molar-refractivity contribution in [2.75, 3.05) is 13.2 Å². The van der Waals surface area contributed by atoms with Gasteiger partial charge in [-0.1, -0.05) is 6.08 Å². The van der Waals surface area contributed by atoms with Crippen molar-refractivity contribution in [2.24, 2.45) is 5.92 Å². The molecule has 1 unspecified atom stereocenters. The van der Waals surface area contributed by atoms with E-state index < -0.39 is 6.04 Å². The zero-order chi connectivity index (χ0) is 13.5. The van der Waals surface area contributed by atoms with E-state index in [2.05, 4.69) is 10.6 Å². The van der Waals surface area contributed by atoms with Crippen LogP contribution in [0.2, 0.25) is 0 Å². The number of hydrogen-bond donors (Lipinski definition) is 2. The van der Waals surface area contributed by atoms with E-state index in [1.54, 1.807) is 0 Å². The van der Waals surface area contributed by atoms with Crippen LogP contribution >= 0.6 is 0 Å². The van der Waals surface area contributed by atoms with Crippen LogP contribution in [0.4, 0.5) is 0 Å². The first kappa shape index (κ1) is 14.7. The molecule has 0 aromatic heterocycles. The molecule has 0 aliphatic carbocycles. The fourth-order valence-corrected chi connectivity index (χ4v) is 2.01. The molecule has 1 fully saturated rings. The molecule has 5 nitrogen and oxygen atoms in total. The number of carbonyl (C=O) groups excluding carboxylic acids is 2. The second-order valence-electron chi connectivity index (χ2n) is 4.59. The number of nitrogens with one attached hydrogen (secondary N) is 2. The Balaban J connectivity index is 2.69. The van der Waals surface area contributed by atoms with Gasteiger partial charge in [-0.05, 0) is 32.6 Å². The Morgan fingerprint density at radius 2 is 1.89 bits per heavy atom. The third-order valence-electron chi connectivity index (χ3n) is 3.13. The van der Waals surface area contributed by atoms with Crippen LogP contribution in [-0.4, -0.2) is 31.1 Å². The Morgan fingerprint density at radius 3 is 2.39 bits per heavy atom. The molecule has 0 aromatic carbocycles. The van der Waals surface area contributed by atoms with Crippen molar-refractivity contribution in [2.45, 2.75) is 39.7 Å². The standard InChI is InChI=1S/C13H22N2O3/c1-4-9(2)14-13(17)12(15-10(3)16)11-5-7-18-8-6-11/h4,11-12H,5-8H2,1-3H3,(H,14,17)(H,15,16). The number of hydrogen-bond acceptors (Lipinski definition) is 3. The quantitative estimate of drug-likeness (QED) is 0.785. The topological polar surface area (TPSA) is 67.4 Å². The van der Waals surface area contributed by atoms with Gasteiger partial charge in [0.1, 0.15) is 6.04 Å². The minimum Gasteiger partial charge on any atom is -0.381 e. The van der Waals surface area contributed by atoms with Gasteiger partial charge < -0.3 is 15.4 Å². The molecule has 2 N–H and O–H groups in total. The highest BCUT2D eigenvalue weighted by Crippen LogP contribution is 2.19. The summed E-state index contributed by atoms with van der Waals surface area (Å²) in [6, 6.07) is -0.471. The minimum atomic E-state index is -0.471. The molecule has 0 aromatic rings. The van der Waals surface area contributed by atoms with Crippen LogP contribution in [0.25, 0.3) is 0 Å². The number of rotatable bonds is 4. The number of ether oxygens (including phenoxy) is 1. The third kappa shape index (κ3) is 4.49. The molecular formula is C13H22N2O3. The lowest BCUT2D eigenvalue weighted by atomic mass is 9.91. The molecule has 0 spiro atoms. The van der Waals surface area contributed by atoms with Gasteiger partial charge in [0.05, 0.1) is 0 Å². The van der Waals surface area contributed by atoms with Crippen molar-refractivity contribution < 1.29 is 14.3 Å². The summed E-state index contributed by atoms with van der Waals surface area (Å²) >= 11 is 0. The highest BCUT2D eigenvalue weighted by molar-refractivity contribution is 5.88.